The van der Waals surface area contributed by atoms with E-state index in [2.05, 4.69) is 24.6 Å². The van der Waals surface area contributed by atoms with E-state index in [1.807, 2.05) is 73.7 Å². The third-order valence-electron chi connectivity index (χ3n) is 2.70. The van der Waals surface area contributed by atoms with Crippen molar-refractivity contribution in [1.82, 2.24) is 0 Å². The molecule has 0 saturated carbocycles. The van der Waals surface area contributed by atoms with Crippen LogP contribution in [0.4, 0.5) is 5.69 Å². The van der Waals surface area contributed by atoms with Crippen molar-refractivity contribution in [1.29, 1.82) is 0 Å². The molecule has 0 radical (unpaired) electrons. The van der Waals surface area contributed by atoms with Gasteiger partial charge in [-0.05, 0) is 43.4 Å². The number of benzene rings is 1. The van der Waals surface area contributed by atoms with Gasteiger partial charge in [-0.3, -0.25) is 0 Å². The van der Waals surface area contributed by atoms with Crippen molar-refractivity contribution in [3.8, 4) is 0 Å². The van der Waals surface area contributed by atoms with Gasteiger partial charge in [-0.1, -0.05) is 56.2 Å². The van der Waals surface area contributed by atoms with Crippen molar-refractivity contribution in [2.45, 2.75) is 6.92 Å². The monoisotopic (exact) mass is 263 g/mol. The van der Waals surface area contributed by atoms with Crippen molar-refractivity contribution in [2.75, 3.05) is 4.90 Å². The molecule has 1 aromatic rings. The van der Waals surface area contributed by atoms with Crippen LogP contribution in [0.25, 0.3) is 0 Å². The number of hydrogen-bond donors (Lipinski definition) is 0. The van der Waals surface area contributed by atoms with Crippen LogP contribution in [0.15, 0.2) is 104 Å². The maximum absolute atomic E-state index is 3.91. The quantitative estimate of drug-likeness (QED) is 0.596. The molecule has 0 atom stereocenters. The predicted molar refractivity (Wildman–Crippen MR) is 90.5 cm³/mol. The standard InChI is InChI=1S/C19H21N/c1-5-9-14-18(8-4)20(17(7-3)13-6-2)19-15-11-10-12-16-19/h5-16H,2-4H2,1H3/b9-5-,17-13+,18-14+. The minimum absolute atomic E-state index is 0.946. The van der Waals surface area contributed by atoms with E-state index in [0.717, 1.165) is 17.1 Å². The highest BCUT2D eigenvalue weighted by Gasteiger charge is 2.11. The molecule has 0 aliphatic rings. The SMILES string of the molecule is C=C/C=C(\C=C)N(/C(C=C)=C/C=C\C)c1ccccc1. The van der Waals surface area contributed by atoms with E-state index in [9.17, 15) is 0 Å². The molecule has 0 N–H and O–H groups in total. The fourth-order valence-electron chi connectivity index (χ4n) is 1.81. The molecule has 1 nitrogen and oxygen atoms in total. The van der Waals surface area contributed by atoms with E-state index < -0.39 is 0 Å². The first kappa shape index (κ1) is 15.5. The van der Waals surface area contributed by atoms with Gasteiger partial charge in [0.05, 0.1) is 0 Å². The Labute approximate surface area is 122 Å². The average molecular weight is 263 g/mol. The minimum atomic E-state index is 0.946. The van der Waals surface area contributed by atoms with Gasteiger partial charge in [0.2, 0.25) is 0 Å². The molecule has 0 aromatic heterocycles. The van der Waals surface area contributed by atoms with Crippen LogP contribution in [-0.4, -0.2) is 0 Å². The lowest BCUT2D eigenvalue weighted by Gasteiger charge is -2.26. The van der Waals surface area contributed by atoms with Gasteiger partial charge in [0.25, 0.3) is 0 Å². The van der Waals surface area contributed by atoms with Crippen LogP contribution < -0.4 is 4.90 Å². The number of allylic oxidation sites excluding steroid dienone is 7. The largest absolute Gasteiger partial charge is 0.311 e. The first-order valence-corrected chi connectivity index (χ1v) is 6.54. The van der Waals surface area contributed by atoms with Crippen LogP contribution >= 0.6 is 0 Å². The van der Waals surface area contributed by atoms with Gasteiger partial charge in [-0.2, -0.15) is 0 Å². The molecule has 1 aromatic carbocycles. The topological polar surface area (TPSA) is 3.24 Å². The van der Waals surface area contributed by atoms with Crippen LogP contribution in [0.5, 0.6) is 0 Å². The molecule has 0 heterocycles. The Morgan fingerprint density at radius 3 is 2.05 bits per heavy atom. The molecule has 0 saturated heterocycles. The molecular weight excluding hydrogens is 242 g/mol. The molecule has 102 valence electrons. The van der Waals surface area contributed by atoms with E-state index in [1.54, 1.807) is 6.08 Å². The first-order chi connectivity index (χ1) is 9.78. The summed E-state index contributed by atoms with van der Waals surface area (Å²) in [6.07, 6.45) is 13.3. The molecular formula is C19H21N. The zero-order chi connectivity index (χ0) is 14.8. The summed E-state index contributed by atoms with van der Waals surface area (Å²) in [6, 6.07) is 10.1. The Bertz CT molecular complexity index is 544. The Kier molecular flexibility index (Phi) is 6.63. The minimum Gasteiger partial charge on any atom is -0.311 e. The maximum Gasteiger partial charge on any atom is 0.0461 e. The first-order valence-electron chi connectivity index (χ1n) is 6.54. The third kappa shape index (κ3) is 3.99. The summed E-state index contributed by atoms with van der Waals surface area (Å²) in [5, 5.41) is 0. The van der Waals surface area contributed by atoms with E-state index in [4.69, 9.17) is 0 Å². The Morgan fingerprint density at radius 2 is 1.55 bits per heavy atom. The smallest absolute Gasteiger partial charge is 0.0461 e. The van der Waals surface area contributed by atoms with E-state index in [0.29, 0.717) is 0 Å². The van der Waals surface area contributed by atoms with E-state index >= 15 is 0 Å². The number of hydrogen-bond acceptors (Lipinski definition) is 1. The highest BCUT2D eigenvalue weighted by atomic mass is 15.1. The number of para-hydroxylation sites is 1. The second-order valence-corrected chi connectivity index (χ2v) is 4.02. The Morgan fingerprint density at radius 1 is 0.950 bits per heavy atom. The predicted octanol–water partition coefficient (Wildman–Crippen LogP) is 5.39. The Hall–Kier alpha value is -2.54. The molecule has 0 bridgehead atoms. The molecule has 1 heteroatoms. The summed E-state index contributed by atoms with van der Waals surface area (Å²) in [4.78, 5) is 2.08. The zero-order valence-electron chi connectivity index (χ0n) is 12.0. The number of anilines is 1. The van der Waals surface area contributed by atoms with Gasteiger partial charge in [0.15, 0.2) is 0 Å². The summed E-state index contributed by atoms with van der Waals surface area (Å²) in [7, 11) is 0. The normalized spacial score (nSPS) is 12.2. The number of rotatable bonds is 7. The van der Waals surface area contributed by atoms with Gasteiger partial charge < -0.3 is 4.90 Å². The van der Waals surface area contributed by atoms with Crippen LogP contribution in [-0.2, 0) is 0 Å². The summed E-state index contributed by atoms with van der Waals surface area (Å²) in [5.41, 5.74) is 2.97. The zero-order valence-corrected chi connectivity index (χ0v) is 12.0. The van der Waals surface area contributed by atoms with Gasteiger partial charge in [0.1, 0.15) is 0 Å². The summed E-state index contributed by atoms with van der Waals surface area (Å²) in [5.74, 6) is 0. The van der Waals surface area contributed by atoms with Gasteiger partial charge >= 0.3 is 0 Å². The molecule has 0 aliphatic heterocycles. The van der Waals surface area contributed by atoms with Crippen LogP contribution in [0.1, 0.15) is 6.92 Å². The fourth-order valence-corrected chi connectivity index (χ4v) is 1.81. The highest BCUT2D eigenvalue weighted by molar-refractivity contribution is 5.63. The van der Waals surface area contributed by atoms with Crippen LogP contribution in [0.3, 0.4) is 0 Å². The van der Waals surface area contributed by atoms with Crippen molar-refractivity contribution < 1.29 is 0 Å². The van der Waals surface area contributed by atoms with E-state index in [-0.39, 0.29) is 0 Å². The molecule has 0 amide bonds. The number of nitrogens with zero attached hydrogens (tertiary/aromatic N) is 1. The van der Waals surface area contributed by atoms with Gasteiger partial charge in [-0.15, -0.1) is 0 Å². The molecule has 0 spiro atoms. The van der Waals surface area contributed by atoms with Gasteiger partial charge in [0, 0.05) is 17.1 Å². The summed E-state index contributed by atoms with van der Waals surface area (Å²) in [6.45, 7) is 13.5. The second kappa shape index (κ2) is 8.54. The van der Waals surface area contributed by atoms with Crippen molar-refractivity contribution in [3.05, 3.63) is 104 Å². The maximum atomic E-state index is 3.91. The van der Waals surface area contributed by atoms with E-state index in [1.165, 1.54) is 0 Å². The molecule has 0 aliphatic carbocycles. The molecule has 1 rings (SSSR count). The summed E-state index contributed by atoms with van der Waals surface area (Å²) >= 11 is 0. The van der Waals surface area contributed by atoms with Crippen LogP contribution in [0, 0.1) is 0 Å². The van der Waals surface area contributed by atoms with Crippen molar-refractivity contribution >= 4 is 5.69 Å². The third-order valence-corrected chi connectivity index (χ3v) is 2.70. The van der Waals surface area contributed by atoms with Gasteiger partial charge in [-0.25, -0.2) is 0 Å². The second-order valence-electron chi connectivity index (χ2n) is 4.02. The molecule has 0 fully saturated rings. The highest BCUT2D eigenvalue weighted by Crippen LogP contribution is 2.25. The summed E-state index contributed by atoms with van der Waals surface area (Å²) < 4.78 is 0. The Balaban J connectivity index is 3.41. The van der Waals surface area contributed by atoms with Crippen molar-refractivity contribution in [3.63, 3.8) is 0 Å². The lowest BCUT2D eigenvalue weighted by molar-refractivity contribution is 1.14. The lowest BCUT2D eigenvalue weighted by Crippen LogP contribution is -2.19. The molecule has 0 unspecified atom stereocenters. The molecule has 20 heavy (non-hydrogen) atoms. The average Bonchev–Trinajstić information content (AvgIpc) is 2.50. The van der Waals surface area contributed by atoms with Crippen LogP contribution in [0.2, 0.25) is 0 Å². The van der Waals surface area contributed by atoms with Crippen molar-refractivity contribution in [2.24, 2.45) is 0 Å². The lowest BCUT2D eigenvalue weighted by atomic mass is 10.2. The fraction of sp³-hybridized carbons (Fsp3) is 0.0526.